The monoisotopic (exact) mass is 458 g/mol. The number of aromatic nitrogens is 1. The van der Waals surface area contributed by atoms with E-state index in [-0.39, 0.29) is 18.3 Å². The molecule has 0 aliphatic carbocycles. The summed E-state index contributed by atoms with van der Waals surface area (Å²) in [4.78, 5) is 31.2. The molecule has 2 aromatic carbocycles. The second-order valence-electron chi connectivity index (χ2n) is 8.27. The van der Waals surface area contributed by atoms with Gasteiger partial charge in [0.15, 0.2) is 11.5 Å². The highest BCUT2D eigenvalue weighted by atomic mass is 16.6. The molecule has 1 amide bonds. The maximum absolute atomic E-state index is 12.9. The lowest BCUT2D eigenvalue weighted by Crippen LogP contribution is -2.35. The van der Waals surface area contributed by atoms with Crippen molar-refractivity contribution in [1.29, 1.82) is 0 Å². The van der Waals surface area contributed by atoms with Gasteiger partial charge in [0, 0.05) is 24.2 Å². The molecule has 2 heterocycles. The number of hydrogen-bond donors (Lipinski definition) is 0. The Morgan fingerprint density at radius 1 is 0.971 bits per heavy atom. The lowest BCUT2D eigenvalue weighted by molar-refractivity contribution is -0.134. The first-order chi connectivity index (χ1) is 16.5. The number of hydrogen-bond acceptors (Lipinski definition) is 5. The van der Waals surface area contributed by atoms with Crippen LogP contribution in [0.3, 0.4) is 0 Å². The Kier molecular flexibility index (Phi) is 7.26. The van der Waals surface area contributed by atoms with Crippen LogP contribution in [0.4, 0.5) is 5.69 Å². The molecule has 0 bridgehead atoms. The molecule has 6 heteroatoms. The lowest BCUT2D eigenvalue weighted by Gasteiger charge is -2.31. The molecule has 34 heavy (non-hydrogen) atoms. The van der Waals surface area contributed by atoms with Crippen LogP contribution in [0.15, 0.2) is 54.6 Å². The molecule has 3 aromatic rings. The molecule has 0 saturated heterocycles. The smallest absolute Gasteiger partial charge is 0.311 e. The zero-order valence-corrected chi connectivity index (χ0v) is 20.0. The predicted octanol–water partition coefficient (Wildman–Crippen LogP) is 5.79. The minimum atomic E-state index is -0.314. The van der Waals surface area contributed by atoms with Gasteiger partial charge in [-0.25, -0.2) is 0 Å². The van der Waals surface area contributed by atoms with Gasteiger partial charge >= 0.3 is 5.97 Å². The molecular weight excluding hydrogens is 428 g/mol. The van der Waals surface area contributed by atoms with Crippen molar-refractivity contribution in [3.63, 3.8) is 0 Å². The lowest BCUT2D eigenvalue weighted by atomic mass is 9.96. The zero-order chi connectivity index (χ0) is 24.1. The maximum Gasteiger partial charge on any atom is 0.311 e. The first-order valence-electron chi connectivity index (χ1n) is 11.9. The molecule has 0 fully saturated rings. The Hall–Kier alpha value is -3.67. The van der Waals surface area contributed by atoms with Gasteiger partial charge in [-0.1, -0.05) is 45.0 Å². The van der Waals surface area contributed by atoms with Crippen molar-refractivity contribution in [3.05, 3.63) is 77.1 Å². The third kappa shape index (κ3) is 5.11. The van der Waals surface area contributed by atoms with Gasteiger partial charge in [-0.2, -0.15) is 0 Å². The van der Waals surface area contributed by atoms with E-state index in [2.05, 4.69) is 19.9 Å². The number of esters is 1. The quantitative estimate of drug-likeness (QED) is 0.315. The number of anilines is 1. The molecule has 0 saturated carbocycles. The van der Waals surface area contributed by atoms with Gasteiger partial charge in [-0.3, -0.25) is 14.6 Å². The summed E-state index contributed by atoms with van der Waals surface area (Å²) in [5.74, 6) is 1.31. The van der Waals surface area contributed by atoms with Crippen molar-refractivity contribution in [2.75, 3.05) is 4.90 Å². The molecule has 0 atom stereocenters. The Morgan fingerprint density at radius 2 is 1.71 bits per heavy atom. The van der Waals surface area contributed by atoms with E-state index in [1.54, 1.807) is 25.1 Å². The second-order valence-corrected chi connectivity index (χ2v) is 8.27. The summed E-state index contributed by atoms with van der Waals surface area (Å²) in [7, 11) is 0. The zero-order valence-electron chi connectivity index (χ0n) is 20.0. The minimum Gasteiger partial charge on any atom is -0.453 e. The molecule has 6 nitrogen and oxygen atoms in total. The standard InChI is InChI=1S/C28H30N2O4/c1-4-20-17-24-22(23(5-2)29-20)15-16-27(31)30(24)18-19-11-13-21(14-12-19)33-25-9-7-8-10-26(25)34-28(32)6-3/h7-14,17H,4-6,15-16,18H2,1-3H3. The van der Waals surface area contributed by atoms with Gasteiger partial charge in [0.05, 0.1) is 12.2 Å². The van der Waals surface area contributed by atoms with Gasteiger partial charge in [-0.15, -0.1) is 0 Å². The molecule has 176 valence electrons. The van der Waals surface area contributed by atoms with Crippen LogP contribution < -0.4 is 14.4 Å². The van der Waals surface area contributed by atoms with E-state index >= 15 is 0 Å². The van der Waals surface area contributed by atoms with Crippen LogP contribution in [0.2, 0.25) is 0 Å². The normalized spacial score (nSPS) is 12.9. The fourth-order valence-corrected chi connectivity index (χ4v) is 4.11. The third-order valence-corrected chi connectivity index (χ3v) is 5.97. The number of rotatable bonds is 8. The van der Waals surface area contributed by atoms with Crippen molar-refractivity contribution in [1.82, 2.24) is 4.98 Å². The van der Waals surface area contributed by atoms with Gasteiger partial charge in [-0.05, 0) is 60.7 Å². The highest BCUT2D eigenvalue weighted by Crippen LogP contribution is 2.34. The summed E-state index contributed by atoms with van der Waals surface area (Å²) >= 11 is 0. The van der Waals surface area contributed by atoms with E-state index in [1.807, 2.05) is 35.2 Å². The first kappa shape index (κ1) is 23.5. The number of aryl methyl sites for hydroxylation is 2. The number of fused-ring (bicyclic) bond motifs is 1. The summed E-state index contributed by atoms with van der Waals surface area (Å²) in [6.45, 7) is 6.44. The van der Waals surface area contributed by atoms with Crippen LogP contribution in [-0.4, -0.2) is 16.9 Å². The van der Waals surface area contributed by atoms with Crippen molar-refractivity contribution < 1.29 is 19.1 Å². The maximum atomic E-state index is 12.9. The van der Waals surface area contributed by atoms with Crippen molar-refractivity contribution >= 4 is 17.6 Å². The van der Waals surface area contributed by atoms with Gasteiger partial charge in [0.25, 0.3) is 0 Å². The molecular formula is C28H30N2O4. The van der Waals surface area contributed by atoms with Crippen molar-refractivity contribution in [3.8, 4) is 17.2 Å². The molecule has 1 aliphatic heterocycles. The predicted molar refractivity (Wildman–Crippen MR) is 131 cm³/mol. The Morgan fingerprint density at radius 3 is 2.38 bits per heavy atom. The number of pyridine rings is 1. The number of para-hydroxylation sites is 2. The summed E-state index contributed by atoms with van der Waals surface area (Å²) in [6, 6.07) is 16.8. The summed E-state index contributed by atoms with van der Waals surface area (Å²) in [6.07, 6.45) is 3.24. The van der Waals surface area contributed by atoms with Crippen LogP contribution >= 0.6 is 0 Å². The van der Waals surface area contributed by atoms with Crippen LogP contribution in [0.5, 0.6) is 17.2 Å². The minimum absolute atomic E-state index is 0.134. The number of amides is 1. The SMILES string of the molecule is CCC(=O)Oc1ccccc1Oc1ccc(CN2C(=O)CCc3c2cc(CC)nc3CC)cc1. The van der Waals surface area contributed by atoms with Crippen LogP contribution in [-0.2, 0) is 35.4 Å². The average Bonchev–Trinajstić information content (AvgIpc) is 2.87. The number of nitrogens with zero attached hydrogens (tertiary/aromatic N) is 2. The van der Waals surface area contributed by atoms with Gasteiger partial charge < -0.3 is 14.4 Å². The Bertz CT molecular complexity index is 1190. The molecule has 0 spiro atoms. The van der Waals surface area contributed by atoms with Crippen LogP contribution in [0.25, 0.3) is 0 Å². The number of ether oxygens (including phenoxy) is 2. The van der Waals surface area contributed by atoms with E-state index in [1.165, 1.54) is 5.56 Å². The molecule has 0 N–H and O–H groups in total. The number of carbonyl (C=O) groups is 2. The van der Waals surface area contributed by atoms with Crippen molar-refractivity contribution in [2.45, 2.75) is 59.4 Å². The summed E-state index contributed by atoms with van der Waals surface area (Å²) in [5.41, 5.74) is 5.30. The highest BCUT2D eigenvalue weighted by molar-refractivity contribution is 5.96. The molecule has 0 radical (unpaired) electrons. The molecule has 1 aromatic heterocycles. The Balaban J connectivity index is 1.53. The number of carbonyl (C=O) groups excluding carboxylic acids is 2. The topological polar surface area (TPSA) is 68.7 Å². The number of benzene rings is 2. The van der Waals surface area contributed by atoms with E-state index in [0.29, 0.717) is 30.2 Å². The van der Waals surface area contributed by atoms with Crippen molar-refractivity contribution in [2.24, 2.45) is 0 Å². The molecule has 1 aliphatic rings. The largest absolute Gasteiger partial charge is 0.453 e. The van der Waals surface area contributed by atoms with E-state index in [4.69, 9.17) is 14.5 Å². The third-order valence-electron chi connectivity index (χ3n) is 5.97. The molecule has 0 unspecified atom stereocenters. The summed E-state index contributed by atoms with van der Waals surface area (Å²) < 4.78 is 11.3. The summed E-state index contributed by atoms with van der Waals surface area (Å²) in [5, 5.41) is 0. The first-order valence-corrected chi connectivity index (χ1v) is 11.9. The Labute approximate surface area is 200 Å². The van der Waals surface area contributed by atoms with E-state index in [0.717, 1.165) is 41.9 Å². The van der Waals surface area contributed by atoms with E-state index < -0.39 is 0 Å². The van der Waals surface area contributed by atoms with Crippen LogP contribution in [0, 0.1) is 0 Å². The highest BCUT2D eigenvalue weighted by Gasteiger charge is 2.27. The second kappa shape index (κ2) is 10.5. The molecule has 4 rings (SSSR count). The van der Waals surface area contributed by atoms with Gasteiger partial charge in [0.1, 0.15) is 5.75 Å². The fourth-order valence-electron chi connectivity index (χ4n) is 4.11. The fraction of sp³-hybridized carbons (Fsp3) is 0.321. The van der Waals surface area contributed by atoms with Gasteiger partial charge in [0.2, 0.25) is 5.91 Å². The average molecular weight is 459 g/mol. The van der Waals surface area contributed by atoms with E-state index in [9.17, 15) is 9.59 Å². The van der Waals surface area contributed by atoms with Crippen LogP contribution in [0.1, 0.15) is 56.1 Å².